The lowest BCUT2D eigenvalue weighted by molar-refractivity contribution is 0.102. The summed E-state index contributed by atoms with van der Waals surface area (Å²) in [5.74, 6) is -0.0843. The first-order chi connectivity index (χ1) is 12.6. The van der Waals surface area contributed by atoms with Crippen LogP contribution in [0.25, 0.3) is 20.8 Å². The highest BCUT2D eigenvalue weighted by Gasteiger charge is 2.10. The van der Waals surface area contributed by atoms with Gasteiger partial charge in [0.15, 0.2) is 0 Å². The minimum absolute atomic E-state index is 0.0843. The van der Waals surface area contributed by atoms with Crippen molar-refractivity contribution in [3.63, 3.8) is 0 Å². The van der Waals surface area contributed by atoms with Crippen molar-refractivity contribution in [2.24, 2.45) is 0 Å². The first kappa shape index (κ1) is 16.5. The highest BCUT2D eigenvalue weighted by Crippen LogP contribution is 2.30. The van der Waals surface area contributed by atoms with E-state index in [9.17, 15) is 4.79 Å². The Bertz CT molecular complexity index is 1060. The molecule has 26 heavy (non-hydrogen) atoms. The van der Waals surface area contributed by atoms with Gasteiger partial charge in [-0.3, -0.25) is 4.79 Å². The number of aromatic nitrogens is 1. The number of carbonyl (C=O) groups excluding carboxylic acids is 1. The molecule has 0 aliphatic rings. The molecular formula is C22H18N2OS. The maximum Gasteiger partial charge on any atom is 0.255 e. The van der Waals surface area contributed by atoms with Gasteiger partial charge >= 0.3 is 0 Å². The summed E-state index contributed by atoms with van der Waals surface area (Å²) in [4.78, 5) is 17.2. The van der Waals surface area contributed by atoms with Crippen LogP contribution in [-0.2, 0) is 0 Å². The molecule has 0 atom stereocenters. The fourth-order valence-electron chi connectivity index (χ4n) is 2.87. The lowest BCUT2D eigenvalue weighted by Gasteiger charge is -2.09. The Morgan fingerprint density at radius 3 is 2.50 bits per heavy atom. The fraction of sp³-hybridized carbons (Fsp3) is 0.0909. The molecule has 0 saturated heterocycles. The lowest BCUT2D eigenvalue weighted by Crippen LogP contribution is -2.13. The normalized spacial score (nSPS) is 10.8. The van der Waals surface area contributed by atoms with Crippen molar-refractivity contribution >= 4 is 33.1 Å². The molecule has 0 aliphatic heterocycles. The first-order valence-corrected chi connectivity index (χ1v) is 9.26. The number of amides is 1. The summed E-state index contributed by atoms with van der Waals surface area (Å²) in [6, 6.07) is 21.9. The maximum absolute atomic E-state index is 12.5. The molecule has 0 fully saturated rings. The molecule has 0 bridgehead atoms. The molecule has 1 amide bonds. The summed E-state index contributed by atoms with van der Waals surface area (Å²) < 4.78 is 1.18. The van der Waals surface area contributed by atoms with Crippen LogP contribution in [0.3, 0.4) is 0 Å². The molecule has 0 unspecified atom stereocenters. The molecule has 1 N–H and O–H groups in total. The van der Waals surface area contributed by atoms with Crippen LogP contribution in [0.2, 0.25) is 0 Å². The second kappa shape index (κ2) is 6.73. The van der Waals surface area contributed by atoms with Gasteiger partial charge in [0.25, 0.3) is 5.91 Å². The zero-order valence-corrected chi connectivity index (χ0v) is 15.4. The van der Waals surface area contributed by atoms with E-state index in [1.165, 1.54) is 4.70 Å². The standard InChI is InChI=1S/C22H18N2OS/c1-14-7-8-15(2)18(13-14)21(25)23-17-11-9-16(10-12-17)22-24-19-5-3-4-6-20(19)26-22/h3-13H,1-2H3,(H,23,25). The number of nitrogens with zero attached hydrogens (tertiary/aromatic N) is 1. The minimum Gasteiger partial charge on any atom is -0.322 e. The second-order valence-corrected chi connectivity index (χ2v) is 7.37. The third-order valence-corrected chi connectivity index (χ3v) is 5.41. The number of benzene rings is 3. The Hall–Kier alpha value is -2.98. The number of carbonyl (C=O) groups is 1. The Balaban J connectivity index is 1.56. The first-order valence-electron chi connectivity index (χ1n) is 8.45. The van der Waals surface area contributed by atoms with E-state index in [0.717, 1.165) is 32.9 Å². The predicted molar refractivity (Wildman–Crippen MR) is 109 cm³/mol. The number of rotatable bonds is 3. The van der Waals surface area contributed by atoms with E-state index >= 15 is 0 Å². The smallest absolute Gasteiger partial charge is 0.255 e. The Labute approximate surface area is 156 Å². The minimum atomic E-state index is -0.0843. The average molecular weight is 358 g/mol. The van der Waals surface area contributed by atoms with Crippen LogP contribution in [-0.4, -0.2) is 10.9 Å². The number of hydrogen-bond donors (Lipinski definition) is 1. The monoisotopic (exact) mass is 358 g/mol. The molecule has 3 aromatic carbocycles. The van der Waals surface area contributed by atoms with Crippen molar-refractivity contribution < 1.29 is 4.79 Å². The summed E-state index contributed by atoms with van der Waals surface area (Å²) in [5, 5.41) is 3.96. The van der Waals surface area contributed by atoms with Gasteiger partial charge in [-0.1, -0.05) is 29.8 Å². The van der Waals surface area contributed by atoms with Gasteiger partial charge in [0.2, 0.25) is 0 Å². The van der Waals surface area contributed by atoms with Gasteiger partial charge in [0.05, 0.1) is 10.2 Å². The van der Waals surface area contributed by atoms with Gasteiger partial charge in [0.1, 0.15) is 5.01 Å². The van der Waals surface area contributed by atoms with Crippen LogP contribution in [0, 0.1) is 13.8 Å². The third-order valence-electron chi connectivity index (χ3n) is 4.32. The van der Waals surface area contributed by atoms with E-state index in [1.807, 2.05) is 74.5 Å². The van der Waals surface area contributed by atoms with Crippen molar-refractivity contribution in [2.45, 2.75) is 13.8 Å². The number of aryl methyl sites for hydroxylation is 2. The number of para-hydroxylation sites is 1. The zero-order valence-electron chi connectivity index (χ0n) is 14.6. The highest BCUT2D eigenvalue weighted by molar-refractivity contribution is 7.21. The molecule has 3 nitrogen and oxygen atoms in total. The molecule has 4 heteroatoms. The lowest BCUT2D eigenvalue weighted by atomic mass is 10.0. The number of fused-ring (bicyclic) bond motifs is 1. The number of thiazole rings is 1. The highest BCUT2D eigenvalue weighted by atomic mass is 32.1. The van der Waals surface area contributed by atoms with Gasteiger partial charge < -0.3 is 5.32 Å². The quantitative estimate of drug-likeness (QED) is 0.500. The Morgan fingerprint density at radius 1 is 0.962 bits per heavy atom. The molecular weight excluding hydrogens is 340 g/mol. The number of nitrogens with one attached hydrogen (secondary N) is 1. The summed E-state index contributed by atoms with van der Waals surface area (Å²) in [6.45, 7) is 3.94. The third kappa shape index (κ3) is 3.24. The van der Waals surface area contributed by atoms with Gasteiger partial charge in [-0.25, -0.2) is 4.98 Å². The predicted octanol–water partition coefficient (Wildman–Crippen LogP) is 5.83. The van der Waals surface area contributed by atoms with E-state index < -0.39 is 0 Å². The molecule has 1 aromatic heterocycles. The van der Waals surface area contributed by atoms with Crippen LogP contribution in [0.5, 0.6) is 0 Å². The number of anilines is 1. The fourth-order valence-corrected chi connectivity index (χ4v) is 3.84. The molecule has 1 heterocycles. The van der Waals surface area contributed by atoms with Crippen LogP contribution < -0.4 is 5.32 Å². The van der Waals surface area contributed by atoms with Crippen LogP contribution >= 0.6 is 11.3 Å². The number of hydrogen-bond acceptors (Lipinski definition) is 3. The molecule has 4 rings (SSSR count). The van der Waals surface area contributed by atoms with Gasteiger partial charge in [-0.05, 0) is 61.9 Å². The maximum atomic E-state index is 12.5. The Morgan fingerprint density at radius 2 is 1.73 bits per heavy atom. The molecule has 0 saturated carbocycles. The SMILES string of the molecule is Cc1ccc(C)c(C(=O)Nc2ccc(-c3nc4ccccc4s3)cc2)c1. The molecule has 0 radical (unpaired) electrons. The van der Waals surface area contributed by atoms with E-state index in [2.05, 4.69) is 16.4 Å². The van der Waals surface area contributed by atoms with Gasteiger partial charge in [-0.2, -0.15) is 0 Å². The van der Waals surface area contributed by atoms with Gasteiger partial charge in [-0.15, -0.1) is 11.3 Å². The molecule has 0 spiro atoms. The van der Waals surface area contributed by atoms with E-state index in [0.29, 0.717) is 5.56 Å². The zero-order chi connectivity index (χ0) is 18.1. The Kier molecular flexibility index (Phi) is 4.27. The topological polar surface area (TPSA) is 42.0 Å². The van der Waals surface area contributed by atoms with E-state index in [4.69, 9.17) is 0 Å². The summed E-state index contributed by atoms with van der Waals surface area (Å²) in [7, 11) is 0. The summed E-state index contributed by atoms with van der Waals surface area (Å²) in [5.41, 5.74) is 5.60. The summed E-state index contributed by atoms with van der Waals surface area (Å²) >= 11 is 1.67. The van der Waals surface area contributed by atoms with Crippen molar-refractivity contribution in [1.29, 1.82) is 0 Å². The van der Waals surface area contributed by atoms with Crippen LogP contribution in [0.15, 0.2) is 66.7 Å². The van der Waals surface area contributed by atoms with Gasteiger partial charge in [0, 0.05) is 16.8 Å². The van der Waals surface area contributed by atoms with E-state index in [1.54, 1.807) is 11.3 Å². The van der Waals surface area contributed by atoms with Crippen molar-refractivity contribution in [3.8, 4) is 10.6 Å². The molecule has 4 aromatic rings. The largest absolute Gasteiger partial charge is 0.322 e. The van der Waals surface area contributed by atoms with Crippen LogP contribution in [0.4, 0.5) is 5.69 Å². The van der Waals surface area contributed by atoms with E-state index in [-0.39, 0.29) is 5.91 Å². The van der Waals surface area contributed by atoms with Crippen molar-refractivity contribution in [2.75, 3.05) is 5.32 Å². The summed E-state index contributed by atoms with van der Waals surface area (Å²) in [6.07, 6.45) is 0. The van der Waals surface area contributed by atoms with Crippen LogP contribution in [0.1, 0.15) is 21.5 Å². The molecule has 128 valence electrons. The van der Waals surface area contributed by atoms with Crippen molar-refractivity contribution in [1.82, 2.24) is 4.98 Å². The van der Waals surface area contributed by atoms with Crippen molar-refractivity contribution in [3.05, 3.63) is 83.4 Å². The molecule has 0 aliphatic carbocycles. The average Bonchev–Trinajstić information content (AvgIpc) is 3.08. The second-order valence-electron chi connectivity index (χ2n) is 6.34.